The molecular weight excluding hydrogens is 407 g/mol. The highest BCUT2D eigenvalue weighted by Gasteiger charge is 2.20. The third-order valence-corrected chi connectivity index (χ3v) is 4.46. The average Bonchev–Trinajstić information content (AvgIpc) is 2.90. The van der Waals surface area contributed by atoms with Crippen LogP contribution in [0.2, 0.25) is 5.02 Å². The van der Waals surface area contributed by atoms with Gasteiger partial charge in [-0.1, -0.05) is 25.4 Å². The van der Waals surface area contributed by atoms with E-state index in [0.29, 0.717) is 31.5 Å². The van der Waals surface area contributed by atoms with E-state index in [1.54, 1.807) is 12.1 Å². The highest BCUT2D eigenvalue weighted by Crippen LogP contribution is 2.41. The van der Waals surface area contributed by atoms with Crippen LogP contribution >= 0.6 is 34.2 Å². The number of hydrogen-bond acceptors (Lipinski definition) is 4. The molecule has 2 aromatic rings. The summed E-state index contributed by atoms with van der Waals surface area (Å²) < 4.78 is 11.2. The van der Waals surface area contributed by atoms with E-state index in [4.69, 9.17) is 21.1 Å². The minimum absolute atomic E-state index is 0.145. The normalized spacial score (nSPS) is 13.0. The first kappa shape index (κ1) is 14.6. The Balaban J connectivity index is 2.17. The minimum Gasteiger partial charge on any atom is -0.454 e. The van der Waals surface area contributed by atoms with Crippen molar-refractivity contribution in [3.63, 3.8) is 0 Å². The Hall–Kier alpha value is -1.28. The maximum atomic E-state index is 12.1. The van der Waals surface area contributed by atoms with Crippen molar-refractivity contribution in [1.29, 1.82) is 0 Å². The first-order chi connectivity index (χ1) is 9.97. The topological polar surface area (TPSA) is 64.2 Å². The summed E-state index contributed by atoms with van der Waals surface area (Å²) in [5.41, 5.74) is 1.31. The Morgan fingerprint density at radius 1 is 1.38 bits per heavy atom. The summed E-state index contributed by atoms with van der Waals surface area (Å²) in [7, 11) is 0. The molecule has 1 aromatic carbocycles. The van der Waals surface area contributed by atoms with Crippen molar-refractivity contribution < 1.29 is 9.47 Å². The van der Waals surface area contributed by atoms with Crippen LogP contribution in [-0.2, 0) is 0 Å². The third kappa shape index (κ3) is 2.62. The minimum atomic E-state index is -0.155. The molecule has 0 amide bonds. The lowest BCUT2D eigenvalue weighted by atomic mass is 10.1. The van der Waals surface area contributed by atoms with E-state index in [-0.39, 0.29) is 18.3 Å². The van der Waals surface area contributed by atoms with Crippen LogP contribution in [0.25, 0.3) is 11.4 Å². The predicted molar refractivity (Wildman–Crippen MR) is 88.2 cm³/mol. The number of aromatic nitrogens is 2. The smallest absolute Gasteiger partial charge is 0.264 e. The van der Waals surface area contributed by atoms with Gasteiger partial charge in [0.05, 0.1) is 14.3 Å². The van der Waals surface area contributed by atoms with Gasteiger partial charge in [-0.15, -0.1) is 0 Å². The van der Waals surface area contributed by atoms with Crippen molar-refractivity contribution in [2.75, 3.05) is 6.79 Å². The van der Waals surface area contributed by atoms with Crippen LogP contribution in [0.15, 0.2) is 16.9 Å². The highest BCUT2D eigenvalue weighted by molar-refractivity contribution is 14.1. The van der Waals surface area contributed by atoms with Crippen molar-refractivity contribution in [3.05, 3.63) is 36.8 Å². The second kappa shape index (κ2) is 5.49. The summed E-state index contributed by atoms with van der Waals surface area (Å²) in [4.78, 5) is 19.4. The molecule has 1 aliphatic heterocycles. The SMILES string of the molecule is CC(C)c1nc(-c2cc(Cl)c3c(c2)OCO3)[nH]c(=O)c1I. The number of nitrogens with zero attached hydrogens (tertiary/aromatic N) is 1. The standard InChI is InChI=1S/C14H12ClIN2O3/c1-6(2)11-10(16)14(19)18-13(17-11)7-3-8(15)12-9(4-7)20-5-21-12/h3-4,6H,5H2,1-2H3,(H,17,18,19). The second-order valence-corrected chi connectivity index (χ2v) is 6.45. The van der Waals surface area contributed by atoms with Crippen LogP contribution in [0.5, 0.6) is 11.5 Å². The molecule has 2 heterocycles. The molecule has 1 aliphatic rings. The zero-order valence-electron chi connectivity index (χ0n) is 11.4. The Bertz CT molecular complexity index is 774. The van der Waals surface area contributed by atoms with Crippen molar-refractivity contribution >= 4 is 34.2 Å². The van der Waals surface area contributed by atoms with Gasteiger partial charge in [-0.2, -0.15) is 0 Å². The van der Waals surface area contributed by atoms with E-state index in [9.17, 15) is 4.79 Å². The molecule has 5 nitrogen and oxygen atoms in total. The van der Waals surface area contributed by atoms with E-state index in [1.165, 1.54) is 0 Å². The van der Waals surface area contributed by atoms with E-state index >= 15 is 0 Å². The summed E-state index contributed by atoms with van der Waals surface area (Å²) in [5, 5.41) is 0.437. The highest BCUT2D eigenvalue weighted by atomic mass is 127. The monoisotopic (exact) mass is 418 g/mol. The summed E-state index contributed by atoms with van der Waals surface area (Å²) >= 11 is 8.19. The Morgan fingerprint density at radius 2 is 2.14 bits per heavy atom. The Labute approximate surface area is 139 Å². The fourth-order valence-electron chi connectivity index (χ4n) is 2.10. The fourth-order valence-corrected chi connectivity index (χ4v) is 3.24. The number of H-pyrrole nitrogens is 1. The van der Waals surface area contributed by atoms with Gasteiger partial charge < -0.3 is 14.5 Å². The molecule has 0 aliphatic carbocycles. The lowest BCUT2D eigenvalue weighted by Gasteiger charge is -2.10. The van der Waals surface area contributed by atoms with Crippen LogP contribution in [0.3, 0.4) is 0 Å². The van der Waals surface area contributed by atoms with Crippen LogP contribution in [0, 0.1) is 3.57 Å². The molecular formula is C14H12ClIN2O3. The zero-order chi connectivity index (χ0) is 15.1. The molecule has 21 heavy (non-hydrogen) atoms. The van der Waals surface area contributed by atoms with Gasteiger partial charge in [0, 0.05) is 5.56 Å². The molecule has 0 bridgehead atoms. The zero-order valence-corrected chi connectivity index (χ0v) is 14.3. The number of hydrogen-bond donors (Lipinski definition) is 1. The first-order valence-electron chi connectivity index (χ1n) is 6.36. The van der Waals surface area contributed by atoms with E-state index in [1.807, 2.05) is 36.4 Å². The molecule has 110 valence electrons. The van der Waals surface area contributed by atoms with Gasteiger partial charge in [0.1, 0.15) is 5.82 Å². The molecule has 1 aromatic heterocycles. The maximum Gasteiger partial charge on any atom is 0.264 e. The van der Waals surface area contributed by atoms with Crippen molar-refractivity contribution in [2.24, 2.45) is 0 Å². The molecule has 7 heteroatoms. The lowest BCUT2D eigenvalue weighted by Crippen LogP contribution is -2.17. The second-order valence-electron chi connectivity index (χ2n) is 4.96. The van der Waals surface area contributed by atoms with Crippen LogP contribution in [0.1, 0.15) is 25.5 Å². The number of fused-ring (bicyclic) bond motifs is 1. The first-order valence-corrected chi connectivity index (χ1v) is 7.82. The van der Waals surface area contributed by atoms with Crippen LogP contribution < -0.4 is 15.0 Å². The number of aromatic amines is 1. The molecule has 0 saturated carbocycles. The van der Waals surface area contributed by atoms with Crippen molar-refractivity contribution in [3.8, 4) is 22.9 Å². The molecule has 0 saturated heterocycles. The van der Waals surface area contributed by atoms with E-state index in [0.717, 1.165) is 5.69 Å². The van der Waals surface area contributed by atoms with Gasteiger partial charge in [0.2, 0.25) is 6.79 Å². The Kier molecular flexibility index (Phi) is 3.83. The van der Waals surface area contributed by atoms with Gasteiger partial charge in [0.25, 0.3) is 5.56 Å². The lowest BCUT2D eigenvalue weighted by molar-refractivity contribution is 0.174. The molecule has 0 spiro atoms. The van der Waals surface area contributed by atoms with Crippen LogP contribution in [-0.4, -0.2) is 16.8 Å². The van der Waals surface area contributed by atoms with Gasteiger partial charge >= 0.3 is 0 Å². The fraction of sp³-hybridized carbons (Fsp3) is 0.286. The summed E-state index contributed by atoms with van der Waals surface area (Å²) in [6, 6.07) is 3.48. The molecule has 0 unspecified atom stereocenters. The Morgan fingerprint density at radius 3 is 2.86 bits per heavy atom. The number of ether oxygens (including phenoxy) is 2. The number of rotatable bonds is 2. The molecule has 0 fully saturated rings. The van der Waals surface area contributed by atoms with Crippen molar-refractivity contribution in [2.45, 2.75) is 19.8 Å². The third-order valence-electron chi connectivity index (χ3n) is 3.14. The summed E-state index contributed by atoms with van der Waals surface area (Å²) in [5.74, 6) is 1.72. The van der Waals surface area contributed by atoms with Crippen LogP contribution in [0.4, 0.5) is 0 Å². The average molecular weight is 419 g/mol. The van der Waals surface area contributed by atoms with E-state index < -0.39 is 0 Å². The largest absolute Gasteiger partial charge is 0.454 e. The number of halogens is 2. The van der Waals surface area contributed by atoms with Gasteiger partial charge in [-0.3, -0.25) is 4.79 Å². The molecule has 1 N–H and O–H groups in total. The summed E-state index contributed by atoms with van der Waals surface area (Å²) in [6.07, 6.45) is 0. The predicted octanol–water partition coefficient (Wildman–Crippen LogP) is 3.55. The number of benzene rings is 1. The molecule has 3 rings (SSSR count). The van der Waals surface area contributed by atoms with Crippen molar-refractivity contribution in [1.82, 2.24) is 9.97 Å². The maximum absolute atomic E-state index is 12.1. The number of nitrogens with one attached hydrogen (secondary N) is 1. The molecule has 0 atom stereocenters. The quantitative estimate of drug-likeness (QED) is 0.758. The van der Waals surface area contributed by atoms with Gasteiger partial charge in [-0.05, 0) is 40.6 Å². The molecule has 0 radical (unpaired) electrons. The van der Waals surface area contributed by atoms with E-state index in [2.05, 4.69) is 9.97 Å². The van der Waals surface area contributed by atoms with Gasteiger partial charge in [0.15, 0.2) is 11.5 Å². The van der Waals surface area contributed by atoms with Gasteiger partial charge in [-0.25, -0.2) is 4.98 Å². The summed E-state index contributed by atoms with van der Waals surface area (Å²) in [6.45, 7) is 4.15.